The molecule has 0 spiro atoms. The zero-order chi connectivity index (χ0) is 8.15. The van der Waals surface area contributed by atoms with Gasteiger partial charge in [0.2, 0.25) is 0 Å². The van der Waals surface area contributed by atoms with Crippen molar-refractivity contribution in [3.05, 3.63) is 36.3 Å². The van der Waals surface area contributed by atoms with E-state index in [0.717, 1.165) is 0 Å². The fourth-order valence-electron chi connectivity index (χ4n) is 0.384. The maximum absolute atomic E-state index is 12.2. The number of halogens is 1. The molecule has 0 aliphatic rings. The van der Waals surface area contributed by atoms with Gasteiger partial charge in [-0.25, -0.2) is 4.39 Å². The van der Waals surface area contributed by atoms with Crippen LogP contribution in [-0.4, -0.2) is 0 Å². The second kappa shape index (κ2) is 3.46. The van der Waals surface area contributed by atoms with Crippen molar-refractivity contribution in [2.75, 3.05) is 0 Å². The molecule has 0 heterocycles. The van der Waals surface area contributed by atoms with Crippen LogP contribution in [0.1, 0.15) is 0 Å². The molecule has 3 heteroatoms. The summed E-state index contributed by atoms with van der Waals surface area (Å²) in [4.78, 5) is 0. The molecule has 0 saturated heterocycles. The van der Waals surface area contributed by atoms with E-state index < -0.39 is 5.83 Å². The number of rotatable bonds is 2. The Bertz CT molecular complexity index is 232. The summed E-state index contributed by atoms with van der Waals surface area (Å²) in [6, 6.07) is 1.56. The van der Waals surface area contributed by atoms with Gasteiger partial charge in [0.1, 0.15) is 17.5 Å². The van der Waals surface area contributed by atoms with E-state index in [1.54, 1.807) is 6.07 Å². The first kappa shape index (κ1) is 8.44. The Balaban J connectivity index is 4.86. The lowest BCUT2D eigenvalue weighted by Crippen LogP contribution is -1.97. The summed E-state index contributed by atoms with van der Waals surface area (Å²) < 4.78 is 12.2. The summed E-state index contributed by atoms with van der Waals surface area (Å²) in [6.45, 7) is 6.19. The molecule has 0 rings (SSSR count). The molecule has 0 amide bonds. The van der Waals surface area contributed by atoms with Gasteiger partial charge < -0.3 is 5.73 Å². The van der Waals surface area contributed by atoms with E-state index in [4.69, 9.17) is 11.0 Å². The van der Waals surface area contributed by atoms with Gasteiger partial charge in [0.15, 0.2) is 0 Å². The normalized spacial score (nSPS) is 11.2. The van der Waals surface area contributed by atoms with Gasteiger partial charge in [-0.1, -0.05) is 13.2 Å². The minimum absolute atomic E-state index is 0.00926. The van der Waals surface area contributed by atoms with E-state index in [1.165, 1.54) is 6.08 Å². The van der Waals surface area contributed by atoms with Crippen LogP contribution in [0.25, 0.3) is 0 Å². The van der Waals surface area contributed by atoms with Crippen molar-refractivity contribution in [3.63, 3.8) is 0 Å². The van der Waals surface area contributed by atoms with Crippen molar-refractivity contribution in [1.29, 1.82) is 5.26 Å². The van der Waals surface area contributed by atoms with Crippen LogP contribution in [-0.2, 0) is 0 Å². The molecule has 0 saturated carbocycles. The van der Waals surface area contributed by atoms with Gasteiger partial charge in [-0.05, 0) is 6.08 Å². The number of nitrogens with zero attached hydrogens (tertiary/aromatic N) is 1. The van der Waals surface area contributed by atoms with Gasteiger partial charge >= 0.3 is 0 Å². The summed E-state index contributed by atoms with van der Waals surface area (Å²) in [6.07, 6.45) is 1.20. The van der Waals surface area contributed by atoms with Crippen molar-refractivity contribution < 1.29 is 4.39 Å². The molecule has 2 N–H and O–H groups in total. The molecule has 0 bridgehead atoms. The maximum atomic E-state index is 12.2. The molecule has 0 aromatic carbocycles. The minimum Gasteiger partial charge on any atom is -0.398 e. The van der Waals surface area contributed by atoms with Crippen molar-refractivity contribution in [1.82, 2.24) is 0 Å². The molecular weight excluding hydrogens is 131 g/mol. The van der Waals surface area contributed by atoms with E-state index in [-0.39, 0.29) is 11.3 Å². The van der Waals surface area contributed by atoms with Crippen LogP contribution in [0.5, 0.6) is 0 Å². The van der Waals surface area contributed by atoms with Crippen molar-refractivity contribution in [2.45, 2.75) is 0 Å². The van der Waals surface area contributed by atoms with Crippen molar-refractivity contribution in [3.8, 4) is 6.07 Å². The molecule has 0 atom stereocenters. The number of hydrogen-bond donors (Lipinski definition) is 1. The zero-order valence-corrected chi connectivity index (χ0v) is 5.39. The van der Waals surface area contributed by atoms with Crippen LogP contribution in [0, 0.1) is 11.3 Å². The zero-order valence-electron chi connectivity index (χ0n) is 5.39. The van der Waals surface area contributed by atoms with Crippen molar-refractivity contribution in [2.24, 2.45) is 5.73 Å². The van der Waals surface area contributed by atoms with Crippen LogP contribution < -0.4 is 5.73 Å². The Morgan fingerprint density at radius 3 is 2.30 bits per heavy atom. The highest BCUT2D eigenvalue weighted by atomic mass is 19.1. The fourth-order valence-corrected chi connectivity index (χ4v) is 0.384. The molecule has 0 aliphatic heterocycles. The summed E-state index contributed by atoms with van der Waals surface area (Å²) in [7, 11) is 0. The highest BCUT2D eigenvalue weighted by Crippen LogP contribution is 2.10. The highest BCUT2D eigenvalue weighted by Gasteiger charge is 2.02. The molecular formula is C7H7FN2. The Hall–Kier alpha value is -1.56. The predicted octanol–water partition coefficient (Wildman–Crippen LogP) is 1.39. The van der Waals surface area contributed by atoms with E-state index in [1.807, 2.05) is 0 Å². The predicted molar refractivity (Wildman–Crippen MR) is 37.3 cm³/mol. The summed E-state index contributed by atoms with van der Waals surface area (Å²) in [5, 5.41) is 8.26. The highest BCUT2D eigenvalue weighted by molar-refractivity contribution is 5.43. The molecule has 52 valence electrons. The maximum Gasteiger partial charge on any atom is 0.135 e. The Kier molecular flexibility index (Phi) is 2.92. The topological polar surface area (TPSA) is 49.8 Å². The third-order valence-electron chi connectivity index (χ3n) is 0.892. The SMILES string of the molecule is C=C/C(N)=C(/C#N)C(=C)F. The van der Waals surface area contributed by atoms with E-state index >= 15 is 0 Å². The lowest BCUT2D eigenvalue weighted by molar-refractivity contribution is 0.660. The quantitative estimate of drug-likeness (QED) is 0.463. The Labute approximate surface area is 58.8 Å². The fraction of sp³-hybridized carbons (Fsp3) is 0. The largest absolute Gasteiger partial charge is 0.398 e. The van der Waals surface area contributed by atoms with Gasteiger partial charge in [0.25, 0.3) is 0 Å². The first-order valence-electron chi connectivity index (χ1n) is 2.50. The second-order valence-electron chi connectivity index (χ2n) is 1.55. The van der Waals surface area contributed by atoms with Crippen LogP contribution in [0.15, 0.2) is 36.3 Å². The van der Waals surface area contributed by atoms with Gasteiger partial charge in [-0.3, -0.25) is 0 Å². The third kappa shape index (κ3) is 1.75. The Morgan fingerprint density at radius 1 is 1.70 bits per heavy atom. The summed E-state index contributed by atoms with van der Waals surface area (Å²) in [5.41, 5.74) is 4.92. The Morgan fingerprint density at radius 2 is 2.20 bits per heavy atom. The van der Waals surface area contributed by atoms with Crippen LogP contribution in [0.4, 0.5) is 4.39 Å². The average molecular weight is 138 g/mol. The van der Waals surface area contributed by atoms with Gasteiger partial charge in [0.05, 0.1) is 5.70 Å². The summed E-state index contributed by atoms with van der Waals surface area (Å²) >= 11 is 0. The van der Waals surface area contributed by atoms with E-state index in [0.29, 0.717) is 0 Å². The van der Waals surface area contributed by atoms with E-state index in [9.17, 15) is 4.39 Å². The minimum atomic E-state index is -0.833. The van der Waals surface area contributed by atoms with Crippen LogP contribution in [0.2, 0.25) is 0 Å². The number of allylic oxidation sites excluding steroid dienone is 3. The smallest absolute Gasteiger partial charge is 0.135 e. The van der Waals surface area contributed by atoms with Gasteiger partial charge in [-0.15, -0.1) is 0 Å². The third-order valence-corrected chi connectivity index (χ3v) is 0.892. The number of nitrogens with two attached hydrogens (primary N) is 1. The monoisotopic (exact) mass is 138 g/mol. The molecule has 2 nitrogen and oxygen atoms in total. The molecule has 0 radical (unpaired) electrons. The molecule has 0 aromatic heterocycles. The molecule has 10 heavy (non-hydrogen) atoms. The lowest BCUT2D eigenvalue weighted by Gasteiger charge is -1.94. The van der Waals surface area contributed by atoms with Gasteiger partial charge in [-0.2, -0.15) is 5.26 Å². The van der Waals surface area contributed by atoms with Crippen molar-refractivity contribution >= 4 is 0 Å². The van der Waals surface area contributed by atoms with E-state index in [2.05, 4.69) is 13.2 Å². The molecule has 0 fully saturated rings. The standard InChI is InChI=1S/C7H7FN2/c1-3-7(10)6(4-9)5(2)8/h3H,1-2,10H2/b7-6+. The molecule has 0 aliphatic carbocycles. The molecule has 0 aromatic rings. The molecule has 0 unspecified atom stereocenters. The number of hydrogen-bond acceptors (Lipinski definition) is 2. The van der Waals surface area contributed by atoms with Crippen LogP contribution >= 0.6 is 0 Å². The first-order valence-corrected chi connectivity index (χ1v) is 2.50. The average Bonchev–Trinajstić information content (AvgIpc) is 1.88. The first-order chi connectivity index (χ1) is 4.63. The lowest BCUT2D eigenvalue weighted by atomic mass is 10.2. The summed E-state index contributed by atoms with van der Waals surface area (Å²) in [5.74, 6) is -0.833. The van der Waals surface area contributed by atoms with Gasteiger partial charge in [0, 0.05) is 0 Å². The van der Waals surface area contributed by atoms with Crippen LogP contribution in [0.3, 0.4) is 0 Å². The number of nitriles is 1. The second-order valence-corrected chi connectivity index (χ2v) is 1.55.